The maximum absolute atomic E-state index is 11.6. The zero-order valence-electron chi connectivity index (χ0n) is 10.1. The summed E-state index contributed by atoms with van der Waals surface area (Å²) in [6.07, 6.45) is 0. The van der Waals surface area contributed by atoms with Crippen molar-refractivity contribution in [1.82, 2.24) is 0 Å². The molecule has 0 spiro atoms. The van der Waals surface area contributed by atoms with Crippen LogP contribution in [-0.2, 0) is 19.1 Å². The molecule has 0 aromatic heterocycles. The minimum absolute atomic E-state index is 0.273. The van der Waals surface area contributed by atoms with E-state index in [0.717, 1.165) is 0 Å². The molecule has 1 unspecified atom stereocenters. The van der Waals surface area contributed by atoms with Gasteiger partial charge in [-0.15, -0.1) is 0 Å². The van der Waals surface area contributed by atoms with E-state index in [1.54, 1.807) is 27.7 Å². The van der Waals surface area contributed by atoms with Gasteiger partial charge in [-0.3, -0.25) is 0 Å². The highest BCUT2D eigenvalue weighted by Gasteiger charge is 2.45. The summed E-state index contributed by atoms with van der Waals surface area (Å²) in [4.78, 5) is 22.6. The number of rotatable bonds is 5. The van der Waals surface area contributed by atoms with Crippen molar-refractivity contribution in [2.24, 2.45) is 5.73 Å². The molecule has 1 atom stereocenters. The Morgan fingerprint density at radius 1 is 1.31 bits per heavy atom. The summed E-state index contributed by atoms with van der Waals surface area (Å²) in [5.41, 5.74) is 2.54. The molecule has 16 heavy (non-hydrogen) atoms. The van der Waals surface area contributed by atoms with Crippen LogP contribution in [0.3, 0.4) is 0 Å². The summed E-state index contributed by atoms with van der Waals surface area (Å²) in [5, 5.41) is 8.92. The van der Waals surface area contributed by atoms with E-state index in [2.05, 4.69) is 0 Å². The van der Waals surface area contributed by atoms with Gasteiger partial charge in [0.1, 0.15) is 5.60 Å². The molecule has 0 aliphatic carbocycles. The fourth-order valence-electron chi connectivity index (χ4n) is 0.840. The molecule has 0 amide bonds. The number of hydrogen-bond donors (Lipinski definition) is 2. The molecule has 0 saturated carbocycles. The van der Waals surface area contributed by atoms with Crippen LogP contribution in [0.2, 0.25) is 0 Å². The Morgan fingerprint density at radius 2 is 1.81 bits per heavy atom. The molecule has 0 saturated heterocycles. The molecule has 0 aliphatic heterocycles. The lowest BCUT2D eigenvalue weighted by atomic mass is 10.0. The van der Waals surface area contributed by atoms with E-state index in [-0.39, 0.29) is 6.61 Å². The lowest BCUT2D eigenvalue weighted by Gasteiger charge is -2.27. The van der Waals surface area contributed by atoms with Gasteiger partial charge in [0.2, 0.25) is 5.54 Å². The first-order valence-electron chi connectivity index (χ1n) is 4.97. The molecule has 0 fully saturated rings. The Labute approximate surface area is 94.7 Å². The van der Waals surface area contributed by atoms with Crippen LogP contribution in [0.1, 0.15) is 27.7 Å². The quantitative estimate of drug-likeness (QED) is 0.518. The van der Waals surface area contributed by atoms with Gasteiger partial charge in [-0.05, 0) is 27.7 Å². The lowest BCUT2D eigenvalue weighted by Crippen LogP contribution is -2.60. The van der Waals surface area contributed by atoms with Crippen LogP contribution in [0.15, 0.2) is 0 Å². The van der Waals surface area contributed by atoms with Crippen molar-refractivity contribution in [2.45, 2.75) is 38.8 Å². The van der Waals surface area contributed by atoms with Gasteiger partial charge >= 0.3 is 11.9 Å². The van der Waals surface area contributed by atoms with Gasteiger partial charge in [0.15, 0.2) is 0 Å². The Balaban J connectivity index is 4.77. The maximum atomic E-state index is 11.6. The Hall–Kier alpha value is -1.14. The fourth-order valence-corrected chi connectivity index (χ4v) is 0.840. The molecule has 0 aliphatic rings. The molecule has 0 aromatic carbocycles. The van der Waals surface area contributed by atoms with Crippen molar-refractivity contribution in [1.29, 1.82) is 0 Å². The monoisotopic (exact) mass is 233 g/mol. The van der Waals surface area contributed by atoms with E-state index in [0.29, 0.717) is 0 Å². The van der Waals surface area contributed by atoms with E-state index in [4.69, 9.17) is 20.3 Å². The number of nitrogens with two attached hydrogens (primary N) is 1. The largest absolute Gasteiger partial charge is 0.479 e. The zero-order chi connectivity index (χ0) is 13.0. The summed E-state index contributed by atoms with van der Waals surface area (Å²) in [5.74, 6) is -2.46. The third kappa shape index (κ3) is 4.16. The molecule has 6 heteroatoms. The van der Waals surface area contributed by atoms with Crippen molar-refractivity contribution in [3.8, 4) is 0 Å². The highest BCUT2D eigenvalue weighted by molar-refractivity contribution is 6.04. The molecule has 0 heterocycles. The predicted octanol–water partition coefficient (Wildman–Crippen LogP) is 0.147. The number of carboxylic acid groups (broad SMARTS) is 1. The highest BCUT2D eigenvalue weighted by atomic mass is 16.6. The smallest absolute Gasteiger partial charge is 0.340 e. The maximum Gasteiger partial charge on any atom is 0.340 e. The first-order valence-corrected chi connectivity index (χ1v) is 4.97. The first-order chi connectivity index (χ1) is 7.13. The number of esters is 1. The van der Waals surface area contributed by atoms with Gasteiger partial charge in [-0.1, -0.05) is 0 Å². The minimum Gasteiger partial charge on any atom is -0.479 e. The summed E-state index contributed by atoms with van der Waals surface area (Å²) >= 11 is 0. The average molecular weight is 233 g/mol. The Bertz CT molecular complexity index is 271. The summed E-state index contributed by atoms with van der Waals surface area (Å²) < 4.78 is 9.83. The van der Waals surface area contributed by atoms with Crippen LogP contribution >= 0.6 is 0 Å². The fraction of sp³-hybridized carbons (Fsp3) is 0.800. The highest BCUT2D eigenvalue weighted by Crippen LogP contribution is 2.13. The topological polar surface area (TPSA) is 98.9 Å². The van der Waals surface area contributed by atoms with E-state index in [1.807, 2.05) is 0 Å². The molecular formula is C10H19NO5. The van der Waals surface area contributed by atoms with Gasteiger partial charge in [0.05, 0.1) is 6.61 Å². The van der Waals surface area contributed by atoms with Gasteiger partial charge in [0.25, 0.3) is 0 Å². The van der Waals surface area contributed by atoms with Crippen LogP contribution in [0.5, 0.6) is 0 Å². The summed E-state index contributed by atoms with van der Waals surface area (Å²) in [6.45, 7) is 6.44. The van der Waals surface area contributed by atoms with Crippen molar-refractivity contribution >= 4 is 11.9 Å². The van der Waals surface area contributed by atoms with Crippen molar-refractivity contribution in [2.75, 3.05) is 13.2 Å². The second-order valence-electron chi connectivity index (χ2n) is 4.42. The van der Waals surface area contributed by atoms with E-state index < -0.39 is 29.7 Å². The molecule has 0 bridgehead atoms. The number of carbonyl (C=O) groups is 2. The number of ether oxygens (including phenoxy) is 2. The molecule has 0 aromatic rings. The van der Waals surface area contributed by atoms with Gasteiger partial charge < -0.3 is 20.3 Å². The molecule has 6 nitrogen and oxygen atoms in total. The first kappa shape index (κ1) is 14.9. The van der Waals surface area contributed by atoms with Crippen LogP contribution < -0.4 is 5.73 Å². The number of hydrogen-bond acceptors (Lipinski definition) is 5. The molecule has 94 valence electrons. The second-order valence-corrected chi connectivity index (χ2v) is 4.42. The van der Waals surface area contributed by atoms with Crippen LogP contribution in [-0.4, -0.2) is 41.4 Å². The third-order valence-electron chi connectivity index (χ3n) is 1.68. The average Bonchev–Trinajstić information content (AvgIpc) is 2.10. The van der Waals surface area contributed by atoms with Crippen molar-refractivity contribution in [3.05, 3.63) is 0 Å². The molecule has 0 radical (unpaired) electrons. The standard InChI is InChI=1S/C10H19NO5/c1-5-15-6-10(11,7(12)13)8(14)16-9(2,3)4/h5-6,11H2,1-4H3,(H,12,13). The number of carboxylic acids is 1. The van der Waals surface area contributed by atoms with E-state index >= 15 is 0 Å². The summed E-state index contributed by atoms with van der Waals surface area (Å²) in [6, 6.07) is 0. The number of carbonyl (C=O) groups excluding carboxylic acids is 1. The zero-order valence-corrected chi connectivity index (χ0v) is 10.1. The van der Waals surface area contributed by atoms with Crippen molar-refractivity contribution < 1.29 is 24.2 Å². The molecule has 0 rings (SSSR count). The van der Waals surface area contributed by atoms with Gasteiger partial charge in [0, 0.05) is 6.61 Å². The van der Waals surface area contributed by atoms with E-state index in [1.165, 1.54) is 0 Å². The SMILES string of the molecule is CCOCC(N)(C(=O)O)C(=O)OC(C)(C)C. The van der Waals surface area contributed by atoms with Crippen molar-refractivity contribution in [3.63, 3.8) is 0 Å². The lowest BCUT2D eigenvalue weighted by molar-refractivity contribution is -0.172. The third-order valence-corrected chi connectivity index (χ3v) is 1.68. The van der Waals surface area contributed by atoms with Gasteiger partial charge in [-0.25, -0.2) is 9.59 Å². The predicted molar refractivity (Wildman–Crippen MR) is 56.9 cm³/mol. The Kier molecular flexibility index (Phi) is 4.89. The minimum atomic E-state index is -2.15. The normalized spacial score (nSPS) is 15.3. The molecular weight excluding hydrogens is 214 g/mol. The van der Waals surface area contributed by atoms with Crippen LogP contribution in [0.4, 0.5) is 0 Å². The van der Waals surface area contributed by atoms with Crippen LogP contribution in [0, 0.1) is 0 Å². The summed E-state index contributed by atoms with van der Waals surface area (Å²) in [7, 11) is 0. The Morgan fingerprint density at radius 3 is 2.12 bits per heavy atom. The number of aliphatic carboxylic acids is 1. The van der Waals surface area contributed by atoms with E-state index in [9.17, 15) is 9.59 Å². The van der Waals surface area contributed by atoms with Gasteiger partial charge in [-0.2, -0.15) is 0 Å². The molecule has 3 N–H and O–H groups in total. The van der Waals surface area contributed by atoms with Crippen LogP contribution in [0.25, 0.3) is 0 Å². The second kappa shape index (κ2) is 5.27.